The molecule has 0 atom stereocenters. The number of rotatable bonds is 10. The van der Waals surface area contributed by atoms with Crippen LogP contribution in [0.1, 0.15) is 41.4 Å². The van der Waals surface area contributed by atoms with Crippen LogP contribution >= 0.6 is 0 Å². The van der Waals surface area contributed by atoms with Crippen LogP contribution in [0.3, 0.4) is 0 Å². The molecule has 4 rings (SSSR count). The van der Waals surface area contributed by atoms with Crippen molar-refractivity contribution in [1.29, 1.82) is 0 Å². The Morgan fingerprint density at radius 1 is 0.447 bits per heavy atom. The van der Waals surface area contributed by atoms with Crippen LogP contribution in [0.15, 0.2) is 145 Å². The van der Waals surface area contributed by atoms with Gasteiger partial charge in [-0.1, -0.05) is 121 Å². The lowest BCUT2D eigenvalue weighted by Gasteiger charge is -2.24. The molecule has 186 valence electrons. The Bertz CT molecular complexity index is 1390. The summed E-state index contributed by atoms with van der Waals surface area (Å²) in [7, 11) is 1.51. The molecule has 0 aliphatic rings. The van der Waals surface area contributed by atoms with Crippen molar-refractivity contribution < 1.29 is 19.2 Å². The first kappa shape index (κ1) is 25.9. The minimum Gasteiger partial charge on any atom is -0.338 e. The maximum Gasteiger partial charge on any atom is 0.209 e. The summed E-state index contributed by atoms with van der Waals surface area (Å²) in [6.45, 7) is 0. The SMILES string of the molecule is CN(/C(=C\C(=O)c1ccccc1)C(=O)c1ccccc1)/C(=C/C(=O)c1ccccc1)C(=O)c1ccccc1. The largest absolute Gasteiger partial charge is 0.338 e. The second-order valence-electron chi connectivity index (χ2n) is 8.47. The molecule has 0 heterocycles. The van der Waals surface area contributed by atoms with Gasteiger partial charge in [-0.25, -0.2) is 0 Å². The van der Waals surface area contributed by atoms with Crippen molar-refractivity contribution in [3.63, 3.8) is 0 Å². The third-order valence-electron chi connectivity index (χ3n) is 5.91. The highest BCUT2D eigenvalue weighted by molar-refractivity contribution is 6.18. The Hall–Kier alpha value is -5.16. The van der Waals surface area contributed by atoms with Crippen LogP contribution in [0.25, 0.3) is 0 Å². The number of ketones is 4. The van der Waals surface area contributed by atoms with Crippen molar-refractivity contribution in [2.24, 2.45) is 0 Å². The van der Waals surface area contributed by atoms with Crippen molar-refractivity contribution in [3.8, 4) is 0 Å². The summed E-state index contributed by atoms with van der Waals surface area (Å²) in [5, 5.41) is 0. The number of hydrogen-bond donors (Lipinski definition) is 0. The average Bonchev–Trinajstić information content (AvgIpc) is 2.99. The lowest BCUT2D eigenvalue weighted by Crippen LogP contribution is -2.29. The molecule has 0 aliphatic carbocycles. The quantitative estimate of drug-likeness (QED) is 0.191. The smallest absolute Gasteiger partial charge is 0.209 e. The third-order valence-corrected chi connectivity index (χ3v) is 5.91. The molecule has 0 saturated carbocycles. The summed E-state index contributed by atoms with van der Waals surface area (Å²) < 4.78 is 0. The van der Waals surface area contributed by atoms with Crippen molar-refractivity contribution in [3.05, 3.63) is 167 Å². The van der Waals surface area contributed by atoms with Gasteiger partial charge in [-0.15, -0.1) is 0 Å². The molecule has 0 bridgehead atoms. The van der Waals surface area contributed by atoms with Crippen molar-refractivity contribution in [2.45, 2.75) is 0 Å². The molecule has 0 amide bonds. The van der Waals surface area contributed by atoms with Gasteiger partial charge in [-0.05, 0) is 0 Å². The molecule has 0 radical (unpaired) electrons. The minimum atomic E-state index is -0.462. The van der Waals surface area contributed by atoms with E-state index in [4.69, 9.17) is 0 Å². The highest BCUT2D eigenvalue weighted by Gasteiger charge is 2.26. The molecule has 0 unspecified atom stereocenters. The van der Waals surface area contributed by atoms with Gasteiger partial charge in [-0.2, -0.15) is 0 Å². The Kier molecular flexibility index (Phi) is 8.32. The number of carbonyl (C=O) groups is 4. The fourth-order valence-corrected chi connectivity index (χ4v) is 3.85. The van der Waals surface area contributed by atoms with E-state index < -0.39 is 23.1 Å². The van der Waals surface area contributed by atoms with E-state index in [9.17, 15) is 19.2 Å². The van der Waals surface area contributed by atoms with Crippen LogP contribution in [0.5, 0.6) is 0 Å². The van der Waals surface area contributed by atoms with E-state index in [2.05, 4.69) is 0 Å². The monoisotopic (exact) mass is 499 g/mol. The standard InChI is InChI=1S/C33H25NO4/c1-34(28(32(37)26-18-10-4-11-19-26)22-30(35)24-14-6-2-7-15-24)29(33(38)27-20-12-5-13-21-27)23-31(36)25-16-8-3-9-17-25/h2-23H,1H3/b28-22-,29-23+. The molecule has 0 aliphatic heterocycles. The fourth-order valence-electron chi connectivity index (χ4n) is 3.85. The van der Waals surface area contributed by atoms with Gasteiger partial charge in [-0.3, -0.25) is 19.2 Å². The normalized spacial score (nSPS) is 11.5. The number of benzene rings is 4. The zero-order chi connectivity index (χ0) is 26.9. The van der Waals surface area contributed by atoms with Gasteiger partial charge in [0.25, 0.3) is 0 Å². The lowest BCUT2D eigenvalue weighted by atomic mass is 10.0. The molecule has 5 heteroatoms. The Labute approximate surface area is 221 Å². The number of likely N-dealkylation sites (N-methyl/N-ethyl adjacent to an activating group) is 1. The number of allylic oxidation sites excluding steroid dienone is 4. The Balaban J connectivity index is 1.85. The molecule has 4 aromatic rings. The van der Waals surface area contributed by atoms with Crippen molar-refractivity contribution in [2.75, 3.05) is 7.05 Å². The van der Waals surface area contributed by atoms with Crippen molar-refractivity contribution >= 4 is 23.1 Å². The molecule has 0 fully saturated rings. The minimum absolute atomic E-state index is 0.0403. The molecule has 38 heavy (non-hydrogen) atoms. The van der Waals surface area contributed by atoms with Crippen LogP contribution in [-0.2, 0) is 0 Å². The topological polar surface area (TPSA) is 71.5 Å². The molecule has 0 N–H and O–H groups in total. The summed E-state index contributed by atoms with van der Waals surface area (Å²) in [4.78, 5) is 55.0. The summed E-state index contributed by atoms with van der Waals surface area (Å²) >= 11 is 0. The van der Waals surface area contributed by atoms with E-state index >= 15 is 0 Å². The highest BCUT2D eigenvalue weighted by atomic mass is 16.1. The van der Waals surface area contributed by atoms with E-state index in [1.165, 1.54) is 24.1 Å². The zero-order valence-corrected chi connectivity index (χ0v) is 20.8. The second-order valence-corrected chi connectivity index (χ2v) is 8.47. The summed E-state index contributed by atoms with van der Waals surface area (Å²) in [5.74, 6) is -1.73. The molecule has 0 spiro atoms. The lowest BCUT2D eigenvalue weighted by molar-refractivity contribution is 0.0955. The molecule has 5 nitrogen and oxygen atoms in total. The number of hydrogen-bond acceptors (Lipinski definition) is 5. The van der Waals surface area contributed by atoms with Crippen LogP contribution in [-0.4, -0.2) is 35.1 Å². The van der Waals surface area contributed by atoms with E-state index in [-0.39, 0.29) is 11.4 Å². The van der Waals surface area contributed by atoms with E-state index in [1.807, 2.05) is 0 Å². The summed E-state index contributed by atoms with van der Waals surface area (Å²) in [6, 6.07) is 34.0. The first-order chi connectivity index (χ1) is 18.5. The predicted octanol–water partition coefficient (Wildman–Crippen LogP) is 6.22. The Morgan fingerprint density at radius 3 is 1.00 bits per heavy atom. The van der Waals surface area contributed by atoms with Crippen LogP contribution in [0.2, 0.25) is 0 Å². The van der Waals surface area contributed by atoms with Crippen molar-refractivity contribution in [1.82, 2.24) is 4.90 Å². The van der Waals surface area contributed by atoms with Crippen LogP contribution in [0, 0.1) is 0 Å². The Morgan fingerprint density at radius 2 is 0.711 bits per heavy atom. The van der Waals surface area contributed by atoms with Gasteiger partial charge >= 0.3 is 0 Å². The number of Topliss-reactive ketones (excluding diaryl/α,β-unsaturated/α-hetero) is 2. The van der Waals surface area contributed by atoms with E-state index in [0.717, 1.165) is 0 Å². The maximum atomic E-state index is 13.7. The van der Waals surface area contributed by atoms with Gasteiger partial charge in [0.05, 0.1) is 11.4 Å². The molecule has 0 saturated heterocycles. The van der Waals surface area contributed by atoms with Crippen LogP contribution in [0.4, 0.5) is 0 Å². The van der Waals surface area contributed by atoms with Gasteiger partial charge in [0.15, 0.2) is 11.6 Å². The first-order valence-corrected chi connectivity index (χ1v) is 12.0. The van der Waals surface area contributed by atoms with Gasteiger partial charge in [0.2, 0.25) is 11.6 Å². The van der Waals surface area contributed by atoms with E-state index in [0.29, 0.717) is 22.3 Å². The summed E-state index contributed by atoms with van der Waals surface area (Å²) in [5.41, 5.74) is 1.38. The maximum absolute atomic E-state index is 13.7. The van der Waals surface area contributed by atoms with Crippen LogP contribution < -0.4 is 0 Å². The number of carbonyl (C=O) groups excluding carboxylic acids is 4. The predicted molar refractivity (Wildman–Crippen MR) is 147 cm³/mol. The fraction of sp³-hybridized carbons (Fsp3) is 0.0303. The summed E-state index contributed by atoms with van der Waals surface area (Å²) in [6.07, 6.45) is 2.42. The second kappa shape index (κ2) is 12.2. The average molecular weight is 500 g/mol. The third kappa shape index (κ3) is 6.15. The molecule has 0 aromatic heterocycles. The number of nitrogens with zero attached hydrogens (tertiary/aromatic N) is 1. The highest BCUT2D eigenvalue weighted by Crippen LogP contribution is 2.22. The first-order valence-electron chi connectivity index (χ1n) is 12.0. The van der Waals surface area contributed by atoms with Gasteiger partial charge in [0.1, 0.15) is 0 Å². The zero-order valence-electron chi connectivity index (χ0n) is 20.8. The van der Waals surface area contributed by atoms with E-state index in [1.54, 1.807) is 121 Å². The van der Waals surface area contributed by atoms with Gasteiger partial charge in [0, 0.05) is 41.5 Å². The van der Waals surface area contributed by atoms with Gasteiger partial charge < -0.3 is 4.90 Å². The molecular weight excluding hydrogens is 474 g/mol. The molecular formula is C33H25NO4. The molecule has 4 aromatic carbocycles.